The van der Waals surface area contributed by atoms with Gasteiger partial charge >= 0.3 is 0 Å². The number of aryl methyl sites for hydroxylation is 1. The van der Waals surface area contributed by atoms with Gasteiger partial charge in [-0.2, -0.15) is 0 Å². The van der Waals surface area contributed by atoms with Gasteiger partial charge in [0.1, 0.15) is 5.60 Å². The number of rotatable bonds is 3. The first-order chi connectivity index (χ1) is 7.50. The molecule has 2 aromatic heterocycles. The topological polar surface area (TPSA) is 20.2 Å². The van der Waals surface area contributed by atoms with Gasteiger partial charge in [0.25, 0.3) is 0 Å². The van der Waals surface area contributed by atoms with Crippen LogP contribution in [0.3, 0.4) is 0 Å². The van der Waals surface area contributed by atoms with Crippen LogP contribution in [0.5, 0.6) is 0 Å². The van der Waals surface area contributed by atoms with Crippen molar-refractivity contribution in [3.8, 4) is 0 Å². The summed E-state index contributed by atoms with van der Waals surface area (Å²) < 4.78 is 1.09. The number of aliphatic hydroxyl groups is 1. The third-order valence-electron chi connectivity index (χ3n) is 2.55. The zero-order valence-corrected chi connectivity index (χ0v) is 12.4. The maximum Gasteiger partial charge on any atom is 0.101 e. The van der Waals surface area contributed by atoms with E-state index in [1.54, 1.807) is 22.7 Å². The van der Waals surface area contributed by atoms with E-state index in [2.05, 4.69) is 22.0 Å². The van der Waals surface area contributed by atoms with Crippen LogP contribution in [-0.2, 0) is 12.0 Å². The largest absolute Gasteiger partial charge is 0.384 e. The van der Waals surface area contributed by atoms with Crippen molar-refractivity contribution in [2.45, 2.75) is 25.9 Å². The zero-order valence-electron chi connectivity index (χ0n) is 9.16. The maximum atomic E-state index is 10.5. The number of hydrogen-bond donors (Lipinski definition) is 1. The van der Waals surface area contributed by atoms with Crippen LogP contribution >= 0.6 is 38.6 Å². The summed E-state index contributed by atoms with van der Waals surface area (Å²) in [7, 11) is 0. The lowest BCUT2D eigenvalue weighted by atomic mass is 9.97. The fourth-order valence-electron chi connectivity index (χ4n) is 1.77. The Hall–Kier alpha value is -0.160. The Morgan fingerprint density at radius 1 is 1.31 bits per heavy atom. The van der Waals surface area contributed by atoms with Crippen molar-refractivity contribution in [2.75, 3.05) is 0 Å². The Morgan fingerprint density at radius 3 is 2.50 bits per heavy atom. The molecule has 0 amide bonds. The van der Waals surface area contributed by atoms with E-state index in [9.17, 15) is 5.11 Å². The summed E-state index contributed by atoms with van der Waals surface area (Å²) in [6.45, 7) is 3.93. The number of halogens is 1. The molecule has 0 fully saturated rings. The van der Waals surface area contributed by atoms with Crippen molar-refractivity contribution in [3.63, 3.8) is 0 Å². The van der Waals surface area contributed by atoms with Gasteiger partial charge in [0, 0.05) is 20.6 Å². The molecule has 1 nitrogen and oxygen atoms in total. The number of hydrogen-bond acceptors (Lipinski definition) is 3. The predicted octanol–water partition coefficient (Wildman–Crippen LogP) is 4.33. The molecule has 0 aromatic carbocycles. The highest BCUT2D eigenvalue weighted by atomic mass is 79.9. The van der Waals surface area contributed by atoms with Crippen LogP contribution < -0.4 is 0 Å². The summed E-state index contributed by atoms with van der Waals surface area (Å²) in [5.74, 6) is 0. The molecule has 2 rings (SSSR count). The van der Waals surface area contributed by atoms with E-state index in [4.69, 9.17) is 0 Å². The molecule has 2 heterocycles. The first-order valence-corrected chi connectivity index (χ1v) is 7.55. The van der Waals surface area contributed by atoms with Gasteiger partial charge in [-0.25, -0.2) is 0 Å². The SMILES string of the molecule is Cc1ccsc1C(C)(O)Cc1sccc1Br. The van der Waals surface area contributed by atoms with Crippen molar-refractivity contribution in [3.05, 3.63) is 42.7 Å². The lowest BCUT2D eigenvalue weighted by molar-refractivity contribution is 0.0616. The molecule has 0 aliphatic rings. The first kappa shape index (κ1) is 12.3. The normalized spacial score (nSPS) is 15.0. The summed E-state index contributed by atoms with van der Waals surface area (Å²) >= 11 is 6.80. The van der Waals surface area contributed by atoms with Crippen molar-refractivity contribution in [2.24, 2.45) is 0 Å². The van der Waals surface area contributed by atoms with Crippen LogP contribution in [0.2, 0.25) is 0 Å². The van der Waals surface area contributed by atoms with Gasteiger partial charge < -0.3 is 5.11 Å². The molecule has 1 N–H and O–H groups in total. The molecule has 86 valence electrons. The first-order valence-electron chi connectivity index (χ1n) is 4.99. The molecule has 1 atom stereocenters. The van der Waals surface area contributed by atoms with E-state index in [-0.39, 0.29) is 0 Å². The Morgan fingerprint density at radius 2 is 2.00 bits per heavy atom. The van der Waals surface area contributed by atoms with Gasteiger partial charge in [-0.15, -0.1) is 22.7 Å². The molecule has 16 heavy (non-hydrogen) atoms. The molecule has 0 bridgehead atoms. The fraction of sp³-hybridized carbons (Fsp3) is 0.333. The third kappa shape index (κ3) is 2.40. The van der Waals surface area contributed by atoms with Gasteiger partial charge in [0.05, 0.1) is 0 Å². The van der Waals surface area contributed by atoms with Crippen LogP contribution in [0.4, 0.5) is 0 Å². The van der Waals surface area contributed by atoms with Crippen LogP contribution in [0.1, 0.15) is 22.2 Å². The second-order valence-corrected chi connectivity index (χ2v) is 6.85. The van der Waals surface area contributed by atoms with Crippen LogP contribution in [0.25, 0.3) is 0 Å². The quantitative estimate of drug-likeness (QED) is 0.893. The number of thiophene rings is 2. The van der Waals surface area contributed by atoms with Crippen LogP contribution in [0.15, 0.2) is 27.4 Å². The minimum Gasteiger partial charge on any atom is -0.384 e. The van der Waals surface area contributed by atoms with E-state index >= 15 is 0 Å². The summed E-state index contributed by atoms with van der Waals surface area (Å²) in [6, 6.07) is 4.08. The Balaban J connectivity index is 2.27. The highest BCUT2D eigenvalue weighted by Gasteiger charge is 2.27. The predicted molar refractivity (Wildman–Crippen MR) is 74.3 cm³/mol. The van der Waals surface area contributed by atoms with Crippen LogP contribution in [-0.4, -0.2) is 5.11 Å². The van der Waals surface area contributed by atoms with E-state index in [1.165, 1.54) is 10.4 Å². The third-order valence-corrected chi connectivity index (χ3v) is 5.74. The molecule has 0 aliphatic carbocycles. The monoisotopic (exact) mass is 316 g/mol. The van der Waals surface area contributed by atoms with Crippen molar-refractivity contribution in [1.29, 1.82) is 0 Å². The zero-order chi connectivity index (χ0) is 11.8. The molecule has 0 spiro atoms. The Kier molecular flexibility index (Phi) is 3.54. The smallest absolute Gasteiger partial charge is 0.101 e. The summed E-state index contributed by atoms with van der Waals surface area (Å²) in [5.41, 5.74) is 0.397. The van der Waals surface area contributed by atoms with E-state index in [1.807, 2.05) is 30.7 Å². The second kappa shape index (κ2) is 4.61. The second-order valence-electron chi connectivity index (χ2n) is 4.08. The van der Waals surface area contributed by atoms with Gasteiger partial charge in [-0.3, -0.25) is 0 Å². The molecule has 0 radical (unpaired) electrons. The minimum atomic E-state index is -0.772. The summed E-state index contributed by atoms with van der Waals surface area (Å²) in [5, 5.41) is 14.6. The molecule has 4 heteroatoms. The summed E-state index contributed by atoms with van der Waals surface area (Å²) in [6.07, 6.45) is 0.659. The van der Waals surface area contributed by atoms with E-state index in [0.29, 0.717) is 6.42 Å². The van der Waals surface area contributed by atoms with Crippen molar-refractivity contribution in [1.82, 2.24) is 0 Å². The summed E-state index contributed by atoms with van der Waals surface area (Å²) in [4.78, 5) is 2.26. The van der Waals surface area contributed by atoms with Crippen molar-refractivity contribution >= 4 is 38.6 Å². The Labute approximate surface area is 112 Å². The van der Waals surface area contributed by atoms with Gasteiger partial charge in [0.2, 0.25) is 0 Å². The van der Waals surface area contributed by atoms with Gasteiger partial charge in [0.15, 0.2) is 0 Å². The molecular weight excluding hydrogens is 304 g/mol. The lowest BCUT2D eigenvalue weighted by Gasteiger charge is -2.22. The maximum absolute atomic E-state index is 10.5. The molecule has 0 saturated heterocycles. The fourth-order valence-corrected chi connectivity index (χ4v) is 4.40. The van der Waals surface area contributed by atoms with Crippen molar-refractivity contribution < 1.29 is 5.11 Å². The highest BCUT2D eigenvalue weighted by Crippen LogP contribution is 2.35. The van der Waals surface area contributed by atoms with Gasteiger partial charge in [-0.1, -0.05) is 0 Å². The van der Waals surface area contributed by atoms with E-state index in [0.717, 1.165) is 9.35 Å². The molecule has 0 aliphatic heterocycles. The molecule has 2 aromatic rings. The highest BCUT2D eigenvalue weighted by molar-refractivity contribution is 9.10. The Bertz CT molecular complexity index is 485. The average molecular weight is 317 g/mol. The molecule has 0 saturated carbocycles. The van der Waals surface area contributed by atoms with Crippen LogP contribution in [0, 0.1) is 6.92 Å². The lowest BCUT2D eigenvalue weighted by Crippen LogP contribution is -2.23. The van der Waals surface area contributed by atoms with E-state index < -0.39 is 5.60 Å². The van der Waals surface area contributed by atoms with Gasteiger partial charge in [-0.05, 0) is 58.2 Å². The average Bonchev–Trinajstić information content (AvgIpc) is 2.76. The standard InChI is InChI=1S/C12H13BrOS2/c1-8-3-5-16-11(8)12(2,14)7-10-9(13)4-6-15-10/h3-6,14H,7H2,1-2H3. The molecule has 1 unspecified atom stereocenters. The molecular formula is C12H13BrOS2. The minimum absolute atomic E-state index is 0.659.